The number of hydrogen-bond acceptors (Lipinski definition) is 3. The van der Waals surface area contributed by atoms with Crippen molar-refractivity contribution in [1.29, 1.82) is 0 Å². The monoisotopic (exact) mass is 509 g/mol. The molecular weight excluding hydrogens is 480 g/mol. The van der Waals surface area contributed by atoms with E-state index in [2.05, 4.69) is 15.6 Å². The lowest BCUT2D eigenvalue weighted by Gasteiger charge is -2.19. The van der Waals surface area contributed by atoms with Gasteiger partial charge in [0.1, 0.15) is 5.82 Å². The molecule has 0 amide bonds. The summed E-state index contributed by atoms with van der Waals surface area (Å²) in [7, 11) is -2.87. The lowest BCUT2D eigenvalue weighted by Crippen LogP contribution is -2.44. The van der Waals surface area contributed by atoms with Gasteiger partial charge in [0.05, 0.1) is 18.1 Å². The molecule has 1 saturated heterocycles. The molecule has 8 heteroatoms. The third-order valence-corrected chi connectivity index (χ3v) is 7.07. The van der Waals surface area contributed by atoms with Crippen molar-refractivity contribution in [2.45, 2.75) is 51.6 Å². The van der Waals surface area contributed by atoms with E-state index in [0.29, 0.717) is 37.1 Å². The molecule has 1 atom stereocenters. The van der Waals surface area contributed by atoms with Gasteiger partial charge in [-0.05, 0) is 49.3 Å². The van der Waals surface area contributed by atoms with E-state index in [1.54, 1.807) is 13.0 Å². The Labute approximate surface area is 178 Å². The summed E-state index contributed by atoms with van der Waals surface area (Å²) >= 11 is 0. The zero-order chi connectivity index (χ0) is 18.6. The fraction of sp³-hybridized carbons (Fsp3) is 0.632. The summed E-state index contributed by atoms with van der Waals surface area (Å²) in [5.41, 5.74) is 1.45. The average Bonchev–Trinajstić information content (AvgIpc) is 3.22. The van der Waals surface area contributed by atoms with Gasteiger partial charge >= 0.3 is 0 Å². The van der Waals surface area contributed by atoms with E-state index in [4.69, 9.17) is 0 Å². The van der Waals surface area contributed by atoms with Gasteiger partial charge < -0.3 is 10.6 Å². The van der Waals surface area contributed by atoms with Crippen LogP contribution in [0.3, 0.4) is 0 Å². The molecule has 5 nitrogen and oxygen atoms in total. The Balaban J connectivity index is 0.00000261. The molecule has 1 saturated carbocycles. The number of guanidine groups is 1. The number of rotatable bonds is 5. The zero-order valence-corrected chi connectivity index (χ0v) is 18.9. The fourth-order valence-electron chi connectivity index (χ4n) is 3.60. The minimum atomic E-state index is -2.87. The molecule has 0 radical (unpaired) electrons. The largest absolute Gasteiger partial charge is 0.356 e. The molecular formula is C19H29FIN3O2S. The second-order valence-corrected chi connectivity index (χ2v) is 9.75. The van der Waals surface area contributed by atoms with Crippen LogP contribution in [0.5, 0.6) is 0 Å². The number of halogens is 2. The first-order valence-electron chi connectivity index (χ1n) is 9.41. The van der Waals surface area contributed by atoms with E-state index in [-0.39, 0.29) is 47.2 Å². The van der Waals surface area contributed by atoms with E-state index in [1.165, 1.54) is 18.9 Å². The molecule has 1 aliphatic heterocycles. The summed E-state index contributed by atoms with van der Waals surface area (Å²) in [5, 5.41) is 6.76. The number of hydrogen-bond donors (Lipinski definition) is 2. The molecule has 3 rings (SSSR count). The van der Waals surface area contributed by atoms with E-state index in [9.17, 15) is 12.8 Å². The van der Waals surface area contributed by atoms with E-state index < -0.39 is 9.84 Å². The Morgan fingerprint density at radius 3 is 2.63 bits per heavy atom. The maximum absolute atomic E-state index is 13.7. The van der Waals surface area contributed by atoms with Crippen LogP contribution in [0, 0.1) is 18.7 Å². The summed E-state index contributed by atoms with van der Waals surface area (Å²) in [6.45, 7) is 2.73. The molecule has 1 unspecified atom stereocenters. The van der Waals surface area contributed by atoms with Crippen LogP contribution < -0.4 is 10.6 Å². The second kappa shape index (κ2) is 10.0. The molecule has 152 valence electrons. The Morgan fingerprint density at radius 1 is 1.26 bits per heavy atom. The molecule has 1 heterocycles. The molecule has 0 bridgehead atoms. The number of nitrogens with zero attached hydrogens (tertiary/aromatic N) is 1. The van der Waals surface area contributed by atoms with Crippen molar-refractivity contribution in [2.24, 2.45) is 10.9 Å². The first-order valence-corrected chi connectivity index (χ1v) is 11.2. The van der Waals surface area contributed by atoms with Gasteiger partial charge in [0.15, 0.2) is 15.8 Å². The van der Waals surface area contributed by atoms with Crippen molar-refractivity contribution in [2.75, 3.05) is 18.1 Å². The lowest BCUT2D eigenvalue weighted by atomic mass is 10.1. The highest BCUT2D eigenvalue weighted by Gasteiger charge is 2.28. The molecule has 1 aliphatic carbocycles. The highest BCUT2D eigenvalue weighted by Crippen LogP contribution is 2.19. The summed E-state index contributed by atoms with van der Waals surface area (Å²) in [6.07, 6.45) is 5.38. The molecule has 27 heavy (non-hydrogen) atoms. The van der Waals surface area contributed by atoms with Gasteiger partial charge in [-0.3, -0.25) is 0 Å². The molecule has 0 spiro atoms. The normalized spacial score (nSPS) is 22.4. The average molecular weight is 509 g/mol. The van der Waals surface area contributed by atoms with Crippen LogP contribution in [-0.2, 0) is 16.4 Å². The lowest BCUT2D eigenvalue weighted by molar-refractivity contribution is 0.553. The number of aliphatic imine (C=N–C) groups is 1. The second-order valence-electron chi connectivity index (χ2n) is 7.52. The van der Waals surface area contributed by atoms with Crippen LogP contribution in [0.1, 0.15) is 43.2 Å². The van der Waals surface area contributed by atoms with E-state index in [1.807, 2.05) is 6.07 Å². The first kappa shape index (κ1) is 22.4. The molecule has 2 N–H and O–H groups in total. The van der Waals surface area contributed by atoms with Crippen LogP contribution >= 0.6 is 24.0 Å². The standard InChI is InChI=1S/C19H28FN3O2S.HI/c1-14-6-7-15(10-18(14)20)11-21-19(23-17-4-2-3-5-17)22-12-16-8-9-26(24,25)13-16;/h6-7,10,16-17H,2-5,8-9,11-13H2,1H3,(H2,21,22,23);1H. The molecule has 1 aromatic rings. The maximum atomic E-state index is 13.7. The molecule has 2 aliphatic rings. The molecule has 0 aromatic heterocycles. The number of aryl methyl sites for hydroxylation is 1. The summed E-state index contributed by atoms with van der Waals surface area (Å²) < 4.78 is 37.0. The third-order valence-electron chi connectivity index (χ3n) is 5.24. The van der Waals surface area contributed by atoms with Gasteiger partial charge in [-0.15, -0.1) is 24.0 Å². The van der Waals surface area contributed by atoms with E-state index in [0.717, 1.165) is 18.4 Å². The Kier molecular flexibility index (Phi) is 8.33. The van der Waals surface area contributed by atoms with Gasteiger partial charge in [-0.25, -0.2) is 17.8 Å². The van der Waals surface area contributed by atoms with E-state index >= 15 is 0 Å². The van der Waals surface area contributed by atoms with Crippen molar-refractivity contribution in [3.63, 3.8) is 0 Å². The zero-order valence-electron chi connectivity index (χ0n) is 15.7. The minimum Gasteiger partial charge on any atom is -0.356 e. The predicted octanol–water partition coefficient (Wildman–Crippen LogP) is 3.16. The molecule has 2 fully saturated rings. The van der Waals surface area contributed by atoms with Crippen molar-refractivity contribution in [3.05, 3.63) is 35.1 Å². The van der Waals surface area contributed by atoms with Gasteiger partial charge in [0.25, 0.3) is 0 Å². The van der Waals surface area contributed by atoms with Gasteiger partial charge in [0, 0.05) is 12.6 Å². The maximum Gasteiger partial charge on any atom is 0.191 e. The van der Waals surface area contributed by atoms with Crippen LogP contribution in [0.4, 0.5) is 4.39 Å². The van der Waals surface area contributed by atoms with Gasteiger partial charge in [0.2, 0.25) is 0 Å². The summed E-state index contributed by atoms with van der Waals surface area (Å²) in [6, 6.07) is 5.58. The van der Waals surface area contributed by atoms with Crippen molar-refractivity contribution in [1.82, 2.24) is 10.6 Å². The van der Waals surface area contributed by atoms with Gasteiger partial charge in [-0.1, -0.05) is 25.0 Å². The van der Waals surface area contributed by atoms with Crippen molar-refractivity contribution in [3.8, 4) is 0 Å². The third kappa shape index (κ3) is 6.89. The van der Waals surface area contributed by atoms with Gasteiger partial charge in [-0.2, -0.15) is 0 Å². The smallest absolute Gasteiger partial charge is 0.191 e. The fourth-order valence-corrected chi connectivity index (χ4v) is 5.46. The Morgan fingerprint density at radius 2 is 2.00 bits per heavy atom. The Hall–Kier alpha value is -0.900. The SMILES string of the molecule is Cc1ccc(CN=C(NCC2CCS(=O)(=O)C2)NC2CCCC2)cc1F.I. The topological polar surface area (TPSA) is 70.6 Å². The number of benzene rings is 1. The van der Waals surface area contributed by atoms with Crippen LogP contribution in [0.25, 0.3) is 0 Å². The van der Waals surface area contributed by atoms with Crippen molar-refractivity contribution >= 4 is 39.8 Å². The number of sulfone groups is 1. The Bertz CT molecular complexity index is 764. The van der Waals surface area contributed by atoms with Crippen LogP contribution in [0.2, 0.25) is 0 Å². The summed E-state index contributed by atoms with van der Waals surface area (Å²) in [5.74, 6) is 1.14. The predicted molar refractivity (Wildman–Crippen MR) is 118 cm³/mol. The summed E-state index contributed by atoms with van der Waals surface area (Å²) in [4.78, 5) is 4.60. The van der Waals surface area contributed by atoms with Crippen LogP contribution in [0.15, 0.2) is 23.2 Å². The molecule has 1 aromatic carbocycles. The highest BCUT2D eigenvalue weighted by molar-refractivity contribution is 14.0. The highest BCUT2D eigenvalue weighted by atomic mass is 127. The number of nitrogens with one attached hydrogen (secondary N) is 2. The van der Waals surface area contributed by atoms with Crippen LogP contribution in [-0.4, -0.2) is 38.5 Å². The first-order chi connectivity index (χ1) is 12.4. The quantitative estimate of drug-likeness (QED) is 0.364. The van der Waals surface area contributed by atoms with Crippen molar-refractivity contribution < 1.29 is 12.8 Å². The minimum absolute atomic E-state index is 0.